The number of hydrogen-bond donors (Lipinski definition) is 1. The first-order valence-corrected chi connectivity index (χ1v) is 9.15. The molecule has 0 amide bonds. The van der Waals surface area contributed by atoms with E-state index in [2.05, 4.69) is 10.1 Å². The molecule has 0 radical (unpaired) electrons. The molecule has 1 aliphatic carbocycles. The van der Waals surface area contributed by atoms with Gasteiger partial charge in [0, 0.05) is 6.54 Å². The SMILES string of the molecule is NCC1C=C(F)C(c2nc3n(n2)CCN(S(=O)(=O)C(F)(F)F)C3)CC1. The Balaban J connectivity index is 1.83. The molecule has 0 fully saturated rings. The maximum Gasteiger partial charge on any atom is 0.511 e. The number of halogens is 4. The van der Waals surface area contributed by atoms with E-state index in [1.54, 1.807) is 0 Å². The maximum atomic E-state index is 14.2. The third-order valence-corrected chi connectivity index (χ3v) is 6.02. The van der Waals surface area contributed by atoms with Crippen LogP contribution in [0.4, 0.5) is 17.6 Å². The van der Waals surface area contributed by atoms with Gasteiger partial charge in [0.1, 0.15) is 11.7 Å². The molecule has 7 nitrogen and oxygen atoms in total. The van der Waals surface area contributed by atoms with Crippen LogP contribution in [0.3, 0.4) is 0 Å². The minimum Gasteiger partial charge on any atom is -0.330 e. The average molecular weight is 383 g/mol. The Morgan fingerprint density at radius 2 is 2.00 bits per heavy atom. The standard InChI is InChI=1S/C13H17F4N5O2S/c14-10-5-8(6-18)1-2-9(10)12-19-11-7-21(3-4-22(11)20-12)25(23,24)13(15,16)17/h5,8-9H,1-4,6-7,18H2. The smallest absolute Gasteiger partial charge is 0.330 e. The zero-order valence-corrected chi connectivity index (χ0v) is 13.9. The maximum absolute atomic E-state index is 14.2. The van der Waals surface area contributed by atoms with E-state index in [0.717, 1.165) is 0 Å². The molecule has 1 aliphatic heterocycles. The highest BCUT2D eigenvalue weighted by molar-refractivity contribution is 7.89. The second-order valence-electron chi connectivity index (χ2n) is 6.07. The van der Waals surface area contributed by atoms with Gasteiger partial charge in [-0.1, -0.05) is 0 Å². The topological polar surface area (TPSA) is 94.1 Å². The van der Waals surface area contributed by atoms with Crippen molar-refractivity contribution in [1.29, 1.82) is 0 Å². The number of nitrogens with zero attached hydrogens (tertiary/aromatic N) is 4. The quantitative estimate of drug-likeness (QED) is 0.793. The van der Waals surface area contributed by atoms with Gasteiger partial charge >= 0.3 is 15.5 Å². The molecule has 2 unspecified atom stereocenters. The monoisotopic (exact) mass is 383 g/mol. The first-order valence-electron chi connectivity index (χ1n) is 7.70. The van der Waals surface area contributed by atoms with Gasteiger partial charge in [0.2, 0.25) is 0 Å². The Hall–Kier alpha value is -1.53. The number of alkyl halides is 3. The molecule has 0 spiro atoms. The van der Waals surface area contributed by atoms with Gasteiger partial charge in [-0.3, -0.25) is 0 Å². The van der Waals surface area contributed by atoms with Crippen LogP contribution in [0.1, 0.15) is 30.4 Å². The molecule has 12 heteroatoms. The van der Waals surface area contributed by atoms with Gasteiger partial charge in [-0.15, -0.1) is 0 Å². The highest BCUT2D eigenvalue weighted by atomic mass is 32.2. The third kappa shape index (κ3) is 3.29. The number of hydrogen-bond acceptors (Lipinski definition) is 5. The summed E-state index contributed by atoms with van der Waals surface area (Å²) >= 11 is 0. The normalized spacial score (nSPS) is 25.6. The predicted molar refractivity (Wildman–Crippen MR) is 79.1 cm³/mol. The zero-order chi connectivity index (χ0) is 18.4. The molecule has 140 valence electrons. The molecular weight excluding hydrogens is 366 g/mol. The minimum atomic E-state index is -5.43. The van der Waals surface area contributed by atoms with Crippen molar-refractivity contribution in [3.8, 4) is 0 Å². The van der Waals surface area contributed by atoms with Crippen LogP contribution < -0.4 is 5.73 Å². The van der Waals surface area contributed by atoms with Gasteiger partial charge in [-0.2, -0.15) is 22.6 Å². The Bertz CT molecular complexity index is 789. The molecule has 0 bridgehead atoms. The van der Waals surface area contributed by atoms with Gasteiger partial charge in [0.15, 0.2) is 5.82 Å². The Kier molecular flexibility index (Phi) is 4.62. The predicted octanol–water partition coefficient (Wildman–Crippen LogP) is 1.25. The second kappa shape index (κ2) is 6.32. The van der Waals surface area contributed by atoms with Crippen molar-refractivity contribution in [3.63, 3.8) is 0 Å². The molecule has 3 rings (SSSR count). The summed E-state index contributed by atoms with van der Waals surface area (Å²) in [5.74, 6) is -0.910. The van der Waals surface area contributed by atoms with Crippen molar-refractivity contribution >= 4 is 10.0 Å². The Labute approximate surface area is 141 Å². The van der Waals surface area contributed by atoms with Crippen LogP contribution in [0.2, 0.25) is 0 Å². The molecule has 2 heterocycles. The zero-order valence-electron chi connectivity index (χ0n) is 13.1. The second-order valence-corrected chi connectivity index (χ2v) is 8.00. The van der Waals surface area contributed by atoms with Gasteiger partial charge < -0.3 is 5.73 Å². The summed E-state index contributed by atoms with van der Waals surface area (Å²) in [7, 11) is -5.43. The van der Waals surface area contributed by atoms with E-state index < -0.39 is 33.8 Å². The highest BCUT2D eigenvalue weighted by Gasteiger charge is 2.50. The van der Waals surface area contributed by atoms with Crippen molar-refractivity contribution in [3.05, 3.63) is 23.6 Å². The summed E-state index contributed by atoms with van der Waals surface area (Å²) in [4.78, 5) is 4.09. The van der Waals surface area contributed by atoms with Gasteiger partial charge in [0.25, 0.3) is 0 Å². The van der Waals surface area contributed by atoms with Crippen molar-refractivity contribution < 1.29 is 26.0 Å². The highest BCUT2D eigenvalue weighted by Crippen LogP contribution is 2.36. The fourth-order valence-electron chi connectivity index (χ4n) is 3.01. The van der Waals surface area contributed by atoms with Crippen LogP contribution in [0.25, 0.3) is 0 Å². The summed E-state index contributed by atoms with van der Waals surface area (Å²) in [5, 5.41) is 4.15. The van der Waals surface area contributed by atoms with E-state index in [-0.39, 0.29) is 30.7 Å². The molecular formula is C13H17F4N5O2S. The summed E-state index contributed by atoms with van der Waals surface area (Å²) in [6.07, 6.45) is 2.53. The lowest BCUT2D eigenvalue weighted by Gasteiger charge is -2.26. The molecule has 0 saturated heterocycles. The van der Waals surface area contributed by atoms with Crippen LogP contribution in [0, 0.1) is 5.92 Å². The minimum absolute atomic E-state index is 0.0547. The molecule has 0 aromatic carbocycles. The summed E-state index contributed by atoms with van der Waals surface area (Å²) in [6.45, 7) is -0.646. The van der Waals surface area contributed by atoms with Crippen molar-refractivity contribution in [2.75, 3.05) is 13.1 Å². The first kappa shape index (κ1) is 18.3. The summed E-state index contributed by atoms with van der Waals surface area (Å²) in [5.41, 5.74) is 0.152. The van der Waals surface area contributed by atoms with E-state index in [1.165, 1.54) is 10.8 Å². The molecule has 0 saturated carbocycles. The van der Waals surface area contributed by atoms with E-state index >= 15 is 0 Å². The molecule has 1 aromatic heterocycles. The number of rotatable bonds is 3. The van der Waals surface area contributed by atoms with E-state index in [4.69, 9.17) is 5.73 Å². The van der Waals surface area contributed by atoms with Crippen LogP contribution in [-0.4, -0.2) is 46.1 Å². The Morgan fingerprint density at radius 1 is 1.28 bits per heavy atom. The molecule has 25 heavy (non-hydrogen) atoms. The lowest BCUT2D eigenvalue weighted by atomic mass is 9.87. The number of allylic oxidation sites excluding steroid dienone is 1. The number of sulfonamides is 1. The number of fused-ring (bicyclic) bond motifs is 1. The van der Waals surface area contributed by atoms with Crippen molar-refractivity contribution in [1.82, 2.24) is 19.1 Å². The molecule has 2 aliphatic rings. The van der Waals surface area contributed by atoms with Gasteiger partial charge in [-0.05, 0) is 31.4 Å². The van der Waals surface area contributed by atoms with Crippen LogP contribution in [-0.2, 0) is 23.1 Å². The fourth-order valence-corrected chi connectivity index (χ4v) is 3.91. The largest absolute Gasteiger partial charge is 0.511 e. The van der Waals surface area contributed by atoms with E-state index in [9.17, 15) is 26.0 Å². The van der Waals surface area contributed by atoms with E-state index in [0.29, 0.717) is 23.7 Å². The number of aromatic nitrogens is 3. The van der Waals surface area contributed by atoms with Crippen LogP contribution in [0.15, 0.2) is 11.9 Å². The van der Waals surface area contributed by atoms with Gasteiger partial charge in [0.05, 0.1) is 19.0 Å². The average Bonchev–Trinajstić information content (AvgIpc) is 2.96. The summed E-state index contributed by atoms with van der Waals surface area (Å²) < 4.78 is 76.9. The van der Waals surface area contributed by atoms with Crippen LogP contribution >= 0.6 is 0 Å². The van der Waals surface area contributed by atoms with Crippen molar-refractivity contribution in [2.45, 2.75) is 37.4 Å². The lowest BCUT2D eigenvalue weighted by Crippen LogP contribution is -2.44. The molecule has 2 atom stereocenters. The fraction of sp³-hybridized carbons (Fsp3) is 0.692. The molecule has 1 aromatic rings. The van der Waals surface area contributed by atoms with Gasteiger partial charge in [-0.25, -0.2) is 22.5 Å². The van der Waals surface area contributed by atoms with Crippen molar-refractivity contribution in [2.24, 2.45) is 11.7 Å². The lowest BCUT2D eigenvalue weighted by molar-refractivity contribution is -0.0496. The first-order chi connectivity index (χ1) is 11.6. The Morgan fingerprint density at radius 3 is 2.60 bits per heavy atom. The number of nitrogens with two attached hydrogens (primary N) is 1. The molecule has 2 N–H and O–H groups in total. The summed E-state index contributed by atoms with van der Waals surface area (Å²) in [6, 6.07) is 0. The van der Waals surface area contributed by atoms with Crippen LogP contribution in [0.5, 0.6) is 0 Å². The third-order valence-electron chi connectivity index (χ3n) is 4.44. The van der Waals surface area contributed by atoms with E-state index in [1.807, 2.05) is 0 Å².